The van der Waals surface area contributed by atoms with Gasteiger partial charge in [0.15, 0.2) is 0 Å². The van der Waals surface area contributed by atoms with Crippen LogP contribution in [0.15, 0.2) is 91.1 Å². The molecular formula is C53H56F2N8O4. The number of nitrogens with zero attached hydrogens (tertiary/aromatic N) is 4. The van der Waals surface area contributed by atoms with Gasteiger partial charge < -0.3 is 35.6 Å². The molecule has 2 saturated carbocycles. The number of H-pyrrole nitrogens is 2. The Kier molecular flexibility index (Phi) is 10.4. The van der Waals surface area contributed by atoms with Crippen LogP contribution in [-0.4, -0.2) is 72.3 Å². The van der Waals surface area contributed by atoms with Gasteiger partial charge in [0.1, 0.15) is 24.3 Å². The Bertz CT molecular complexity index is 2920. The number of benzene rings is 4. The highest BCUT2D eigenvalue weighted by Gasteiger charge is 2.55. The number of imidazole rings is 2. The van der Waals surface area contributed by atoms with Gasteiger partial charge >= 0.3 is 6.09 Å². The number of ether oxygens (including phenoxy) is 1. The van der Waals surface area contributed by atoms with Crippen molar-refractivity contribution in [2.24, 2.45) is 28.9 Å². The molecule has 346 valence electrons. The summed E-state index contributed by atoms with van der Waals surface area (Å²) in [7, 11) is 0. The Hall–Kier alpha value is -6.41. The molecule has 2 aliphatic heterocycles. The molecule has 1 spiro atoms. The molecule has 14 heteroatoms. The fourth-order valence-corrected chi connectivity index (χ4v) is 11.3. The van der Waals surface area contributed by atoms with Crippen molar-refractivity contribution >= 4 is 28.9 Å². The molecule has 0 radical (unpaired) electrons. The van der Waals surface area contributed by atoms with Crippen molar-refractivity contribution in [2.75, 3.05) is 6.54 Å². The second kappa shape index (κ2) is 16.1. The number of alkyl halides is 2. The third kappa shape index (κ3) is 7.48. The van der Waals surface area contributed by atoms with E-state index in [9.17, 15) is 14.4 Å². The highest BCUT2D eigenvalue weighted by Crippen LogP contribution is 2.59. The summed E-state index contributed by atoms with van der Waals surface area (Å²) in [4.78, 5) is 61.3. The number of piperidine rings is 1. The van der Waals surface area contributed by atoms with Gasteiger partial charge in [-0.25, -0.2) is 14.8 Å². The Morgan fingerprint density at radius 2 is 1.55 bits per heavy atom. The van der Waals surface area contributed by atoms with Crippen molar-refractivity contribution in [1.29, 1.82) is 0 Å². The molecule has 2 bridgehead atoms. The topological polar surface area (TPSA) is 162 Å². The zero-order valence-corrected chi connectivity index (χ0v) is 38.2. The smallest absolute Gasteiger partial charge is 0.408 e. The van der Waals surface area contributed by atoms with E-state index in [1.54, 1.807) is 30.5 Å². The minimum atomic E-state index is -3.26. The first-order chi connectivity index (χ1) is 32.2. The number of amides is 3. The first-order valence-corrected chi connectivity index (χ1v) is 23.8. The van der Waals surface area contributed by atoms with Gasteiger partial charge in [0.05, 0.1) is 41.0 Å². The average Bonchev–Trinajstić information content (AvgIpc) is 3.98. The van der Waals surface area contributed by atoms with Crippen LogP contribution in [0.25, 0.3) is 44.5 Å². The first kappa shape index (κ1) is 43.2. The minimum Gasteiger partial charge on any atom is -0.445 e. The second-order valence-corrected chi connectivity index (χ2v) is 20.4. The number of rotatable bonds is 11. The zero-order valence-electron chi connectivity index (χ0n) is 38.2. The number of carbonyl (C=O) groups excluding carboxylic acids is 3. The van der Waals surface area contributed by atoms with Crippen LogP contribution in [0, 0.1) is 23.2 Å². The maximum atomic E-state index is 16.7. The Labute approximate surface area is 388 Å². The van der Waals surface area contributed by atoms with Crippen LogP contribution < -0.4 is 11.1 Å². The van der Waals surface area contributed by atoms with E-state index in [1.807, 2.05) is 98.2 Å². The molecule has 67 heavy (non-hydrogen) atoms. The van der Waals surface area contributed by atoms with Crippen LogP contribution in [0.3, 0.4) is 0 Å². The Morgan fingerprint density at radius 3 is 2.27 bits per heavy atom. The lowest BCUT2D eigenvalue weighted by atomic mass is 9.95. The third-order valence-corrected chi connectivity index (χ3v) is 15.4. The summed E-state index contributed by atoms with van der Waals surface area (Å²) < 4.78 is 38.9. The van der Waals surface area contributed by atoms with Crippen LogP contribution in [-0.2, 0) is 26.9 Å². The van der Waals surface area contributed by atoms with Gasteiger partial charge in [0.25, 0.3) is 5.92 Å². The molecule has 6 aromatic rings. The standard InChI is InChI=1S/C53H56F2N8O4/c1-28(2)44(56)49(64)62-27-52(18-19-52)24-43(62)47-57-25-42(60-47)33-12-16-37-36-15-11-31(21-38(36)53(54,55)39(37)22-33)32-13-17-40-41(23-32)59-48(58-40)46-34-10-14-35(20-34)63(46)50(65)45(29(3)4)61-51(66)67-26-30-8-6-5-7-9-30/h5-9,11-13,15-17,21-23,25,28-29,34-35,43-46H,10,14,18-20,24,26-27,56H2,1-4H3,(H,57,60)(H,58,59)(H,61,66)/t34-,35+,43-,44-,45-,46-/m0/s1. The SMILES string of the molecule is CC(C)[C@H](N)C(=O)N1CC2(CC2)C[C@H]1c1ncc(-c2ccc3c(c2)C(F)(F)c2cc(-c4ccc5nc([C@@H]6[C@H]7CC[C@H](C7)N6C(=O)[C@@H](NC(=O)OCc6ccccc6)C(C)C)[nH]c5c4)ccc2-3)[nH]1. The number of hydrogen-bond donors (Lipinski definition) is 4. The summed E-state index contributed by atoms with van der Waals surface area (Å²) in [6, 6.07) is 23.6. The number of likely N-dealkylation sites (tertiary alicyclic amines) is 2. The van der Waals surface area contributed by atoms with Gasteiger partial charge in [-0.15, -0.1) is 0 Å². The maximum Gasteiger partial charge on any atom is 0.408 e. The zero-order chi connectivity index (χ0) is 46.5. The van der Waals surface area contributed by atoms with Crippen molar-refractivity contribution in [3.63, 3.8) is 0 Å². The number of nitrogens with one attached hydrogen (secondary N) is 3. The van der Waals surface area contributed by atoms with Crippen LogP contribution in [0.4, 0.5) is 13.6 Å². The van der Waals surface area contributed by atoms with Crippen molar-refractivity contribution in [3.8, 4) is 33.5 Å². The normalized spacial score (nSPS) is 22.7. The molecule has 2 saturated heterocycles. The highest BCUT2D eigenvalue weighted by atomic mass is 19.3. The summed E-state index contributed by atoms with van der Waals surface area (Å²) in [5, 5.41) is 2.86. The van der Waals surface area contributed by atoms with Gasteiger partial charge in [-0.1, -0.05) is 88.4 Å². The quantitative estimate of drug-likeness (QED) is 0.101. The van der Waals surface area contributed by atoms with E-state index in [0.29, 0.717) is 51.7 Å². The van der Waals surface area contributed by atoms with Crippen LogP contribution in [0.5, 0.6) is 0 Å². The van der Waals surface area contributed by atoms with Crippen molar-refractivity contribution < 1.29 is 27.9 Å². The lowest BCUT2D eigenvalue weighted by molar-refractivity contribution is -0.139. The summed E-state index contributed by atoms with van der Waals surface area (Å²) in [5.74, 6) is -2.15. The second-order valence-electron chi connectivity index (χ2n) is 20.4. The van der Waals surface area contributed by atoms with E-state index >= 15 is 8.78 Å². The number of nitrogens with two attached hydrogens (primary N) is 1. The predicted octanol–water partition coefficient (Wildman–Crippen LogP) is 9.78. The predicted molar refractivity (Wildman–Crippen MR) is 250 cm³/mol. The lowest BCUT2D eigenvalue weighted by Crippen LogP contribution is -2.54. The lowest BCUT2D eigenvalue weighted by Gasteiger charge is -2.37. The Morgan fingerprint density at radius 1 is 0.851 bits per heavy atom. The molecule has 11 rings (SSSR count). The molecule has 3 amide bonds. The van der Waals surface area contributed by atoms with E-state index in [0.717, 1.165) is 55.2 Å². The van der Waals surface area contributed by atoms with Crippen molar-refractivity contribution in [2.45, 2.75) is 109 Å². The molecule has 4 fully saturated rings. The van der Waals surface area contributed by atoms with E-state index in [-0.39, 0.29) is 70.8 Å². The van der Waals surface area contributed by atoms with E-state index in [2.05, 4.69) is 15.3 Å². The molecule has 0 unspecified atom stereocenters. The summed E-state index contributed by atoms with van der Waals surface area (Å²) in [6.07, 6.45) is 6.68. The molecule has 4 heterocycles. The van der Waals surface area contributed by atoms with Crippen molar-refractivity contribution in [3.05, 3.63) is 119 Å². The number of carbonyl (C=O) groups is 3. The van der Waals surface area contributed by atoms with Crippen LogP contribution in [0.1, 0.15) is 107 Å². The summed E-state index contributed by atoms with van der Waals surface area (Å²) in [6.45, 7) is 8.48. The number of aromatic amines is 2. The summed E-state index contributed by atoms with van der Waals surface area (Å²) in [5.41, 5.74) is 12.2. The molecule has 2 aromatic heterocycles. The fraction of sp³-hybridized carbons (Fsp3) is 0.415. The third-order valence-electron chi connectivity index (χ3n) is 15.4. The minimum absolute atomic E-state index is 0.000677. The van der Waals surface area contributed by atoms with Crippen LogP contribution >= 0.6 is 0 Å². The molecule has 12 nitrogen and oxygen atoms in total. The average molecular weight is 907 g/mol. The van der Waals surface area contributed by atoms with Gasteiger partial charge in [-0.3, -0.25) is 9.59 Å². The van der Waals surface area contributed by atoms with Gasteiger partial charge in [-0.2, -0.15) is 8.78 Å². The number of fused-ring (bicyclic) bond motifs is 6. The van der Waals surface area contributed by atoms with E-state index in [1.165, 1.54) is 0 Å². The van der Waals surface area contributed by atoms with Gasteiger partial charge in [0.2, 0.25) is 11.8 Å². The van der Waals surface area contributed by atoms with E-state index < -0.39 is 24.1 Å². The monoisotopic (exact) mass is 906 g/mol. The summed E-state index contributed by atoms with van der Waals surface area (Å²) >= 11 is 0. The first-order valence-electron chi connectivity index (χ1n) is 23.8. The largest absolute Gasteiger partial charge is 0.445 e. The number of hydrogen-bond acceptors (Lipinski definition) is 7. The molecule has 5 aliphatic rings. The van der Waals surface area contributed by atoms with Crippen LogP contribution in [0.2, 0.25) is 0 Å². The maximum absolute atomic E-state index is 16.7. The number of halogens is 2. The van der Waals surface area contributed by atoms with Crippen molar-refractivity contribution in [1.82, 2.24) is 35.1 Å². The number of alkyl carbamates (subject to hydrolysis) is 1. The van der Waals surface area contributed by atoms with E-state index in [4.69, 9.17) is 20.4 Å². The highest BCUT2D eigenvalue weighted by molar-refractivity contribution is 5.89. The molecular weight excluding hydrogens is 851 g/mol. The molecule has 3 aliphatic carbocycles. The molecule has 4 aromatic carbocycles. The Balaban J connectivity index is 0.821. The van der Waals surface area contributed by atoms with Gasteiger partial charge in [-0.05, 0) is 114 Å². The van der Waals surface area contributed by atoms with Gasteiger partial charge in [0, 0.05) is 29.3 Å². The fourth-order valence-electron chi connectivity index (χ4n) is 11.3. The molecule has 6 atom stereocenters. The molecule has 5 N–H and O–H groups in total. The number of aromatic nitrogens is 4.